The molecule has 1 aliphatic rings. The third kappa shape index (κ3) is 4.58. The Bertz CT molecular complexity index is 278. The first-order valence-corrected chi connectivity index (χ1v) is 5.52. The Morgan fingerprint density at radius 1 is 1.59 bits per heavy atom. The second-order valence-corrected chi connectivity index (χ2v) is 4.06. The molecular weight excluding hydrogens is 228 g/mol. The topological polar surface area (TPSA) is 99.1 Å². The average molecular weight is 246 g/mol. The number of aliphatic hydroxyl groups excluding tert-OH is 1. The van der Waals surface area contributed by atoms with E-state index in [1.807, 2.05) is 0 Å². The van der Waals surface area contributed by atoms with Crippen molar-refractivity contribution in [2.24, 2.45) is 0 Å². The van der Waals surface area contributed by atoms with E-state index in [1.54, 1.807) is 7.05 Å². The molecule has 1 fully saturated rings. The monoisotopic (exact) mass is 246 g/mol. The molecule has 17 heavy (non-hydrogen) atoms. The normalized spacial score (nSPS) is 20.9. The smallest absolute Gasteiger partial charge is 0.334 e. The zero-order chi connectivity index (χ0) is 12.8. The number of amides is 2. The number of carbonyl (C=O) groups excluding carboxylic acids is 1. The van der Waals surface area contributed by atoms with Crippen molar-refractivity contribution in [3.8, 4) is 0 Å². The van der Waals surface area contributed by atoms with Crippen LogP contribution in [0.5, 0.6) is 0 Å². The lowest BCUT2D eigenvalue weighted by Crippen LogP contribution is -2.45. The Balaban J connectivity index is 2.24. The summed E-state index contributed by atoms with van der Waals surface area (Å²) in [6, 6.07) is -0.416. The van der Waals surface area contributed by atoms with Gasteiger partial charge in [0.1, 0.15) is 0 Å². The number of urea groups is 1. The molecule has 1 rings (SSSR count). The van der Waals surface area contributed by atoms with Gasteiger partial charge in [-0.05, 0) is 12.8 Å². The van der Waals surface area contributed by atoms with Crippen LogP contribution in [0.25, 0.3) is 0 Å². The highest BCUT2D eigenvalue weighted by molar-refractivity contribution is 5.76. The minimum absolute atomic E-state index is 0.0511. The maximum atomic E-state index is 11.5. The largest absolute Gasteiger partial charge is 0.479 e. The molecule has 98 valence electrons. The minimum Gasteiger partial charge on any atom is -0.479 e. The van der Waals surface area contributed by atoms with Gasteiger partial charge in [0.25, 0.3) is 0 Å². The number of rotatable bonds is 5. The number of aliphatic hydroxyl groups is 1. The molecule has 2 amide bonds. The number of nitrogens with zero attached hydrogens (tertiary/aromatic N) is 1. The number of nitrogens with one attached hydrogen (secondary N) is 1. The molecule has 1 saturated heterocycles. The first-order valence-electron chi connectivity index (χ1n) is 5.52. The highest BCUT2D eigenvalue weighted by Gasteiger charge is 2.21. The lowest BCUT2D eigenvalue weighted by Gasteiger charge is -2.21. The molecule has 2 unspecified atom stereocenters. The molecule has 0 spiro atoms. The zero-order valence-electron chi connectivity index (χ0n) is 9.76. The van der Waals surface area contributed by atoms with Crippen LogP contribution in [0.3, 0.4) is 0 Å². The molecule has 0 radical (unpaired) electrons. The Labute approximate surface area is 99.4 Å². The minimum atomic E-state index is -1.57. The van der Waals surface area contributed by atoms with Crippen molar-refractivity contribution in [2.45, 2.75) is 25.0 Å². The molecule has 7 nitrogen and oxygen atoms in total. The van der Waals surface area contributed by atoms with Crippen LogP contribution >= 0.6 is 0 Å². The van der Waals surface area contributed by atoms with Crippen LogP contribution in [0.1, 0.15) is 12.8 Å². The van der Waals surface area contributed by atoms with Gasteiger partial charge in [0.05, 0.1) is 12.6 Å². The van der Waals surface area contributed by atoms with Crippen molar-refractivity contribution in [1.82, 2.24) is 10.2 Å². The first-order chi connectivity index (χ1) is 8.00. The molecule has 3 N–H and O–H groups in total. The summed E-state index contributed by atoms with van der Waals surface area (Å²) in [5.41, 5.74) is 0. The molecule has 0 aromatic carbocycles. The number of hydrogen-bond acceptors (Lipinski definition) is 4. The Hall–Kier alpha value is -1.34. The molecule has 2 atom stereocenters. The summed E-state index contributed by atoms with van der Waals surface area (Å²) >= 11 is 0. The fraction of sp³-hybridized carbons (Fsp3) is 0.800. The highest BCUT2D eigenvalue weighted by atomic mass is 16.5. The maximum absolute atomic E-state index is 11.5. The van der Waals surface area contributed by atoms with Crippen molar-refractivity contribution in [3.05, 3.63) is 0 Å². The molecule has 0 aromatic heterocycles. The van der Waals surface area contributed by atoms with Gasteiger partial charge in [-0.2, -0.15) is 0 Å². The second kappa shape index (κ2) is 6.41. The van der Waals surface area contributed by atoms with Gasteiger partial charge < -0.3 is 25.2 Å². The molecule has 7 heteroatoms. The third-order valence-corrected chi connectivity index (χ3v) is 2.58. The van der Waals surface area contributed by atoms with Gasteiger partial charge in [-0.25, -0.2) is 9.59 Å². The molecule has 0 bridgehead atoms. The van der Waals surface area contributed by atoms with E-state index in [4.69, 9.17) is 14.9 Å². The number of carboxylic acid groups (broad SMARTS) is 1. The lowest BCUT2D eigenvalue weighted by atomic mass is 10.2. The van der Waals surface area contributed by atoms with Gasteiger partial charge >= 0.3 is 12.0 Å². The van der Waals surface area contributed by atoms with E-state index >= 15 is 0 Å². The summed E-state index contributed by atoms with van der Waals surface area (Å²) in [5, 5.41) is 19.8. The third-order valence-electron chi connectivity index (χ3n) is 2.58. The van der Waals surface area contributed by atoms with Crippen molar-refractivity contribution < 1.29 is 24.5 Å². The SMILES string of the molecule is CN(CC1CCCO1)C(=O)NCC(O)C(=O)O. The van der Waals surface area contributed by atoms with Crippen LogP contribution in [0.2, 0.25) is 0 Å². The van der Waals surface area contributed by atoms with E-state index in [0.717, 1.165) is 19.4 Å². The lowest BCUT2D eigenvalue weighted by molar-refractivity contribution is -0.146. The van der Waals surface area contributed by atoms with E-state index in [0.29, 0.717) is 6.54 Å². The fourth-order valence-corrected chi connectivity index (χ4v) is 1.58. The number of carbonyl (C=O) groups is 2. The van der Waals surface area contributed by atoms with Gasteiger partial charge in [-0.3, -0.25) is 0 Å². The van der Waals surface area contributed by atoms with Crippen LogP contribution in [0.15, 0.2) is 0 Å². The van der Waals surface area contributed by atoms with Gasteiger partial charge in [-0.1, -0.05) is 0 Å². The van der Waals surface area contributed by atoms with Crippen molar-refractivity contribution in [3.63, 3.8) is 0 Å². The number of hydrogen-bond donors (Lipinski definition) is 3. The van der Waals surface area contributed by atoms with E-state index in [2.05, 4.69) is 5.32 Å². The molecule has 1 heterocycles. The number of ether oxygens (including phenoxy) is 1. The molecule has 1 aliphatic heterocycles. The summed E-state index contributed by atoms with van der Waals surface area (Å²) in [4.78, 5) is 23.3. The predicted octanol–water partition coefficient (Wildman–Crippen LogP) is -0.748. The van der Waals surface area contributed by atoms with Gasteiger partial charge in [0.2, 0.25) is 0 Å². The summed E-state index contributed by atoms with van der Waals surface area (Å²) in [6.45, 7) is 0.886. The molecule has 0 aliphatic carbocycles. The fourth-order valence-electron chi connectivity index (χ4n) is 1.58. The van der Waals surface area contributed by atoms with Gasteiger partial charge in [-0.15, -0.1) is 0 Å². The van der Waals surface area contributed by atoms with E-state index in [9.17, 15) is 9.59 Å². The Morgan fingerprint density at radius 3 is 2.82 bits per heavy atom. The summed E-state index contributed by atoms with van der Waals surface area (Å²) in [7, 11) is 1.60. The van der Waals surface area contributed by atoms with Crippen LogP contribution in [-0.4, -0.2) is 66.1 Å². The second-order valence-electron chi connectivity index (χ2n) is 4.06. The van der Waals surface area contributed by atoms with Crippen LogP contribution in [0, 0.1) is 0 Å². The standard InChI is InChI=1S/C10H18N2O5/c1-12(6-7-3-2-4-17-7)10(16)11-5-8(13)9(14)15/h7-8,13H,2-6H2,1H3,(H,11,16)(H,14,15). The van der Waals surface area contributed by atoms with Crippen molar-refractivity contribution in [2.75, 3.05) is 26.7 Å². The van der Waals surface area contributed by atoms with Crippen molar-refractivity contribution in [1.29, 1.82) is 0 Å². The predicted molar refractivity (Wildman–Crippen MR) is 58.6 cm³/mol. The van der Waals surface area contributed by atoms with E-state index in [-0.39, 0.29) is 12.6 Å². The van der Waals surface area contributed by atoms with Crippen LogP contribution in [0.4, 0.5) is 4.79 Å². The zero-order valence-corrected chi connectivity index (χ0v) is 9.76. The number of likely N-dealkylation sites (N-methyl/N-ethyl adjacent to an activating group) is 1. The average Bonchev–Trinajstić information content (AvgIpc) is 2.77. The van der Waals surface area contributed by atoms with Crippen molar-refractivity contribution >= 4 is 12.0 Å². The van der Waals surface area contributed by atoms with Gasteiger partial charge in [0.15, 0.2) is 6.10 Å². The summed E-state index contributed by atoms with van der Waals surface area (Å²) in [5.74, 6) is -1.35. The van der Waals surface area contributed by atoms with Crippen LogP contribution < -0.4 is 5.32 Å². The van der Waals surface area contributed by atoms with Gasteiger partial charge in [0, 0.05) is 20.2 Å². The highest BCUT2D eigenvalue weighted by Crippen LogP contribution is 2.12. The van der Waals surface area contributed by atoms with Crippen LogP contribution in [-0.2, 0) is 9.53 Å². The molecular formula is C10H18N2O5. The first kappa shape index (κ1) is 13.7. The molecule has 0 aromatic rings. The quantitative estimate of drug-likeness (QED) is 0.593. The number of aliphatic carboxylic acids is 1. The van der Waals surface area contributed by atoms with E-state index in [1.165, 1.54) is 4.90 Å². The van der Waals surface area contributed by atoms with E-state index < -0.39 is 18.1 Å². The maximum Gasteiger partial charge on any atom is 0.334 e. The number of carboxylic acids is 1. The Kier molecular flexibility index (Phi) is 5.17. The Morgan fingerprint density at radius 2 is 2.29 bits per heavy atom. The summed E-state index contributed by atoms with van der Waals surface area (Å²) < 4.78 is 5.37. The summed E-state index contributed by atoms with van der Waals surface area (Å²) in [6.07, 6.45) is 0.401. The molecule has 0 saturated carbocycles.